The van der Waals surface area contributed by atoms with E-state index in [4.69, 9.17) is 4.74 Å². The van der Waals surface area contributed by atoms with Crippen molar-refractivity contribution < 1.29 is 19.2 Å². The van der Waals surface area contributed by atoms with Gasteiger partial charge >= 0.3 is 0 Å². The number of quaternary nitrogens is 1. The van der Waals surface area contributed by atoms with Gasteiger partial charge in [-0.05, 0) is 17.7 Å². The number of carbonyl (C=O) groups excluding carboxylic acids is 2. The van der Waals surface area contributed by atoms with Gasteiger partial charge in [0.15, 0.2) is 6.54 Å². The summed E-state index contributed by atoms with van der Waals surface area (Å²) in [5, 5.41) is 5.63. The number of carbonyl (C=O) groups is 2. The maximum absolute atomic E-state index is 11.9. The van der Waals surface area contributed by atoms with E-state index in [2.05, 4.69) is 10.6 Å². The van der Waals surface area contributed by atoms with E-state index in [0.29, 0.717) is 13.1 Å². The van der Waals surface area contributed by atoms with Crippen molar-refractivity contribution in [3.63, 3.8) is 0 Å². The maximum Gasteiger partial charge on any atom is 0.275 e. The van der Waals surface area contributed by atoms with Gasteiger partial charge in [-0.25, -0.2) is 0 Å². The average Bonchev–Trinajstić information content (AvgIpc) is 2.47. The summed E-state index contributed by atoms with van der Waals surface area (Å²) in [6, 6.07) is 7.45. The predicted molar refractivity (Wildman–Crippen MR) is 79.0 cm³/mol. The van der Waals surface area contributed by atoms with Crippen LogP contribution in [0.3, 0.4) is 0 Å². The van der Waals surface area contributed by atoms with Crippen LogP contribution in [0, 0.1) is 0 Å². The zero-order chi connectivity index (χ0) is 15.1. The lowest BCUT2D eigenvalue weighted by molar-refractivity contribution is -0.900. The molecule has 1 saturated heterocycles. The molecule has 2 amide bonds. The van der Waals surface area contributed by atoms with Crippen LogP contribution >= 0.6 is 0 Å². The fourth-order valence-electron chi connectivity index (χ4n) is 2.24. The molecule has 1 aromatic carbocycles. The van der Waals surface area contributed by atoms with Crippen LogP contribution in [0.15, 0.2) is 24.3 Å². The molecule has 0 aliphatic carbocycles. The molecule has 0 atom stereocenters. The summed E-state index contributed by atoms with van der Waals surface area (Å²) >= 11 is 0. The normalized spacial score (nSPS) is 15.5. The molecule has 0 radical (unpaired) electrons. The fourth-order valence-corrected chi connectivity index (χ4v) is 2.24. The van der Waals surface area contributed by atoms with Crippen molar-refractivity contribution in [3.8, 4) is 0 Å². The number of hydrogen-bond acceptors (Lipinski definition) is 3. The molecule has 1 fully saturated rings. The molecule has 0 aromatic heterocycles. The lowest BCUT2D eigenvalue weighted by Crippen LogP contribution is -3.15. The molecule has 6 heteroatoms. The Morgan fingerprint density at radius 2 is 1.86 bits per heavy atom. The quantitative estimate of drug-likeness (QED) is 0.664. The first-order valence-electron chi connectivity index (χ1n) is 7.18. The highest BCUT2D eigenvalue weighted by Gasteiger charge is 2.17. The maximum atomic E-state index is 11.9. The number of hydrogen-bond donors (Lipinski definition) is 3. The minimum atomic E-state index is -0.0930. The second-order valence-corrected chi connectivity index (χ2v) is 5.19. The van der Waals surface area contributed by atoms with E-state index in [1.54, 1.807) is 0 Å². The van der Waals surface area contributed by atoms with Crippen molar-refractivity contribution in [2.45, 2.75) is 13.5 Å². The van der Waals surface area contributed by atoms with Crippen LogP contribution in [0.4, 0.5) is 5.69 Å². The highest BCUT2D eigenvalue weighted by atomic mass is 16.5. The van der Waals surface area contributed by atoms with Crippen LogP contribution < -0.4 is 15.5 Å². The lowest BCUT2D eigenvalue weighted by Gasteiger charge is -2.23. The summed E-state index contributed by atoms with van der Waals surface area (Å²) in [4.78, 5) is 24.1. The second kappa shape index (κ2) is 7.75. The molecule has 21 heavy (non-hydrogen) atoms. The summed E-state index contributed by atoms with van der Waals surface area (Å²) in [6.07, 6.45) is 0. The first kappa shape index (κ1) is 15.5. The van der Waals surface area contributed by atoms with Gasteiger partial charge in [-0.1, -0.05) is 12.1 Å². The van der Waals surface area contributed by atoms with Gasteiger partial charge in [0.05, 0.1) is 13.2 Å². The average molecular weight is 292 g/mol. The Labute approximate surface area is 124 Å². The van der Waals surface area contributed by atoms with Gasteiger partial charge in [-0.2, -0.15) is 0 Å². The Hall–Kier alpha value is -1.92. The standard InChI is InChI=1S/C15H21N3O3/c1-12(19)17-14-4-2-13(3-5-14)10-16-15(20)11-18-6-8-21-9-7-18/h2-5H,6-11H2,1H3,(H,16,20)(H,17,19)/p+1. The highest BCUT2D eigenvalue weighted by Crippen LogP contribution is 2.09. The van der Waals surface area contributed by atoms with Crippen LogP contribution in [-0.4, -0.2) is 44.7 Å². The minimum absolute atomic E-state index is 0.0536. The van der Waals surface area contributed by atoms with Gasteiger partial charge in [0, 0.05) is 19.2 Å². The number of nitrogens with one attached hydrogen (secondary N) is 3. The molecule has 114 valence electrons. The van der Waals surface area contributed by atoms with Crippen molar-refractivity contribution in [1.29, 1.82) is 0 Å². The lowest BCUT2D eigenvalue weighted by atomic mass is 10.2. The molecule has 6 nitrogen and oxygen atoms in total. The van der Waals surface area contributed by atoms with E-state index in [1.807, 2.05) is 24.3 Å². The molecule has 0 bridgehead atoms. The Kier molecular flexibility index (Phi) is 5.71. The molecule has 0 unspecified atom stereocenters. The van der Waals surface area contributed by atoms with E-state index in [0.717, 1.165) is 37.6 Å². The van der Waals surface area contributed by atoms with Gasteiger partial charge in [-0.15, -0.1) is 0 Å². The van der Waals surface area contributed by atoms with Gasteiger partial charge in [0.25, 0.3) is 5.91 Å². The zero-order valence-electron chi connectivity index (χ0n) is 12.3. The summed E-state index contributed by atoms with van der Waals surface area (Å²) in [5.74, 6) is -0.0395. The minimum Gasteiger partial charge on any atom is -0.370 e. The zero-order valence-corrected chi connectivity index (χ0v) is 12.3. The first-order valence-corrected chi connectivity index (χ1v) is 7.18. The Bertz CT molecular complexity index is 481. The van der Waals surface area contributed by atoms with Crippen molar-refractivity contribution in [3.05, 3.63) is 29.8 Å². The van der Waals surface area contributed by atoms with Gasteiger partial charge in [0.2, 0.25) is 5.91 Å². The monoisotopic (exact) mass is 292 g/mol. The molecule has 2 rings (SSSR count). The number of rotatable bonds is 5. The van der Waals surface area contributed by atoms with E-state index in [9.17, 15) is 9.59 Å². The van der Waals surface area contributed by atoms with Gasteiger partial charge < -0.3 is 20.3 Å². The van der Waals surface area contributed by atoms with E-state index >= 15 is 0 Å². The van der Waals surface area contributed by atoms with Crippen LogP contribution in [0.1, 0.15) is 12.5 Å². The predicted octanol–water partition coefficient (Wildman–Crippen LogP) is -0.824. The molecule has 1 aromatic rings. The SMILES string of the molecule is CC(=O)Nc1ccc(CNC(=O)C[NH+]2CCOCC2)cc1. The smallest absolute Gasteiger partial charge is 0.275 e. The van der Waals surface area contributed by atoms with Crippen LogP contribution in [0.5, 0.6) is 0 Å². The van der Waals surface area contributed by atoms with Crippen molar-refractivity contribution >= 4 is 17.5 Å². The third kappa shape index (κ3) is 5.53. The number of amides is 2. The van der Waals surface area contributed by atoms with E-state index in [1.165, 1.54) is 11.8 Å². The molecule has 1 aliphatic rings. The molecule has 0 saturated carbocycles. The molecular weight excluding hydrogens is 270 g/mol. The van der Waals surface area contributed by atoms with Crippen LogP contribution in [0.2, 0.25) is 0 Å². The topological polar surface area (TPSA) is 71.9 Å². The van der Waals surface area contributed by atoms with Crippen molar-refractivity contribution in [2.24, 2.45) is 0 Å². The molecule has 1 heterocycles. The van der Waals surface area contributed by atoms with Crippen molar-refractivity contribution in [1.82, 2.24) is 5.32 Å². The first-order chi connectivity index (χ1) is 10.1. The second-order valence-electron chi connectivity index (χ2n) is 5.19. The van der Waals surface area contributed by atoms with E-state index < -0.39 is 0 Å². The number of benzene rings is 1. The summed E-state index contributed by atoms with van der Waals surface area (Å²) in [5.41, 5.74) is 1.77. The highest BCUT2D eigenvalue weighted by molar-refractivity contribution is 5.88. The molecule has 1 aliphatic heterocycles. The summed E-state index contributed by atoms with van der Waals surface area (Å²) in [6.45, 7) is 5.70. The van der Waals surface area contributed by atoms with Crippen molar-refractivity contribution in [2.75, 3.05) is 38.2 Å². The number of anilines is 1. The molecule has 3 N–H and O–H groups in total. The number of ether oxygens (including phenoxy) is 1. The Morgan fingerprint density at radius 3 is 2.48 bits per heavy atom. The summed E-state index contributed by atoms with van der Waals surface area (Å²) < 4.78 is 5.27. The third-order valence-corrected chi connectivity index (χ3v) is 3.37. The fraction of sp³-hybridized carbons (Fsp3) is 0.467. The Balaban J connectivity index is 1.74. The Morgan fingerprint density at radius 1 is 1.19 bits per heavy atom. The summed E-state index contributed by atoms with van der Waals surface area (Å²) in [7, 11) is 0. The third-order valence-electron chi connectivity index (χ3n) is 3.37. The van der Waals surface area contributed by atoms with Crippen LogP contribution in [-0.2, 0) is 20.9 Å². The van der Waals surface area contributed by atoms with Crippen LogP contribution in [0.25, 0.3) is 0 Å². The largest absolute Gasteiger partial charge is 0.370 e. The van der Waals surface area contributed by atoms with Gasteiger partial charge in [0.1, 0.15) is 13.1 Å². The number of morpholine rings is 1. The molecule has 0 spiro atoms. The molecular formula is C15H22N3O3+. The van der Waals surface area contributed by atoms with Gasteiger partial charge in [-0.3, -0.25) is 9.59 Å². The van der Waals surface area contributed by atoms with E-state index in [-0.39, 0.29) is 11.8 Å².